The Morgan fingerprint density at radius 3 is 2.75 bits per heavy atom. The molecular formula is C15H17FN2S2. The maximum Gasteiger partial charge on any atom is 0.123 e. The van der Waals surface area contributed by atoms with Crippen LogP contribution < -0.4 is 5.73 Å². The van der Waals surface area contributed by atoms with Crippen LogP contribution in [0.15, 0.2) is 35.7 Å². The van der Waals surface area contributed by atoms with Crippen molar-refractivity contribution in [1.82, 2.24) is 4.90 Å². The highest BCUT2D eigenvalue weighted by atomic mass is 32.1. The van der Waals surface area contributed by atoms with E-state index in [-0.39, 0.29) is 10.8 Å². The number of nitrogens with zero attached hydrogens (tertiary/aromatic N) is 1. The number of hydrogen-bond donors (Lipinski definition) is 1. The predicted molar refractivity (Wildman–Crippen MR) is 86.4 cm³/mol. The van der Waals surface area contributed by atoms with Crippen LogP contribution in [0.3, 0.4) is 0 Å². The van der Waals surface area contributed by atoms with Crippen LogP contribution >= 0.6 is 23.6 Å². The van der Waals surface area contributed by atoms with Crippen molar-refractivity contribution in [3.8, 4) is 0 Å². The van der Waals surface area contributed by atoms with Crippen molar-refractivity contribution in [2.45, 2.75) is 20.0 Å². The largest absolute Gasteiger partial charge is 0.389 e. The van der Waals surface area contributed by atoms with E-state index in [1.54, 1.807) is 17.4 Å². The molecule has 1 aromatic carbocycles. The van der Waals surface area contributed by atoms with Gasteiger partial charge in [0.1, 0.15) is 10.8 Å². The summed E-state index contributed by atoms with van der Waals surface area (Å²) in [5.74, 6) is -0.308. The number of rotatable bonds is 6. The predicted octanol–water partition coefficient (Wildman–Crippen LogP) is 3.54. The molecule has 2 aromatic rings. The molecule has 2 nitrogen and oxygen atoms in total. The molecule has 106 valence electrons. The fourth-order valence-electron chi connectivity index (χ4n) is 2.06. The molecule has 0 amide bonds. The molecule has 5 heteroatoms. The van der Waals surface area contributed by atoms with Crippen LogP contribution in [0.25, 0.3) is 0 Å². The van der Waals surface area contributed by atoms with Crippen LogP contribution in [0.5, 0.6) is 0 Å². The summed E-state index contributed by atoms with van der Waals surface area (Å²) in [5.41, 5.74) is 7.28. The van der Waals surface area contributed by atoms with Crippen LogP contribution in [-0.4, -0.2) is 16.4 Å². The summed E-state index contributed by atoms with van der Waals surface area (Å²) in [6, 6.07) is 8.80. The van der Waals surface area contributed by atoms with Gasteiger partial charge in [-0.25, -0.2) is 4.39 Å². The summed E-state index contributed by atoms with van der Waals surface area (Å²) in [6.45, 7) is 4.60. The Morgan fingerprint density at radius 2 is 2.15 bits per heavy atom. The van der Waals surface area contributed by atoms with Gasteiger partial charge in [-0.2, -0.15) is 0 Å². The average molecular weight is 308 g/mol. The normalized spacial score (nSPS) is 10.9. The van der Waals surface area contributed by atoms with E-state index in [1.165, 1.54) is 17.0 Å². The van der Waals surface area contributed by atoms with Gasteiger partial charge in [0.2, 0.25) is 0 Å². The quantitative estimate of drug-likeness (QED) is 0.828. The first-order valence-electron chi connectivity index (χ1n) is 6.43. The molecule has 2 N–H and O–H groups in total. The topological polar surface area (TPSA) is 29.3 Å². The molecule has 0 unspecified atom stereocenters. The van der Waals surface area contributed by atoms with Crippen molar-refractivity contribution >= 4 is 28.5 Å². The van der Waals surface area contributed by atoms with Gasteiger partial charge in [-0.3, -0.25) is 4.90 Å². The molecule has 0 bridgehead atoms. The maximum absolute atomic E-state index is 13.3. The number of hydrogen-bond acceptors (Lipinski definition) is 3. The van der Waals surface area contributed by atoms with Crippen LogP contribution in [0.1, 0.15) is 22.9 Å². The van der Waals surface area contributed by atoms with E-state index in [4.69, 9.17) is 18.0 Å². The second-order valence-corrected chi connectivity index (χ2v) is 6.02. The molecule has 0 aliphatic carbocycles. The summed E-state index contributed by atoms with van der Waals surface area (Å²) < 4.78 is 13.3. The summed E-state index contributed by atoms with van der Waals surface area (Å²) in [7, 11) is 0. The molecule has 0 aliphatic rings. The lowest BCUT2D eigenvalue weighted by atomic mass is 10.1. The fraction of sp³-hybridized carbons (Fsp3) is 0.267. The number of thiocarbonyl (C=S) groups is 1. The van der Waals surface area contributed by atoms with Gasteiger partial charge in [-0.15, -0.1) is 11.3 Å². The highest BCUT2D eigenvalue weighted by molar-refractivity contribution is 7.80. The summed E-state index contributed by atoms with van der Waals surface area (Å²) in [5, 5.41) is 2.07. The molecule has 2 rings (SSSR count). The van der Waals surface area contributed by atoms with E-state index in [1.807, 2.05) is 6.07 Å². The van der Waals surface area contributed by atoms with Crippen molar-refractivity contribution in [3.05, 3.63) is 57.5 Å². The van der Waals surface area contributed by atoms with Gasteiger partial charge in [-0.05, 0) is 35.7 Å². The van der Waals surface area contributed by atoms with Gasteiger partial charge in [0.05, 0.1) is 0 Å². The Labute approximate surface area is 128 Å². The van der Waals surface area contributed by atoms with Crippen molar-refractivity contribution in [1.29, 1.82) is 0 Å². The first kappa shape index (κ1) is 15.1. The zero-order valence-corrected chi connectivity index (χ0v) is 12.9. The molecular weight excluding hydrogens is 291 g/mol. The van der Waals surface area contributed by atoms with E-state index >= 15 is 0 Å². The SMILES string of the molecule is CCN(Cc1cccs1)Cc1ccc(F)cc1C(N)=S. The number of nitrogens with two attached hydrogens (primary N) is 1. The van der Waals surface area contributed by atoms with Crippen molar-refractivity contribution in [2.75, 3.05) is 6.54 Å². The third-order valence-corrected chi connectivity index (χ3v) is 4.22. The minimum atomic E-state index is -0.308. The van der Waals surface area contributed by atoms with E-state index in [2.05, 4.69) is 23.3 Å². The van der Waals surface area contributed by atoms with Gasteiger partial charge in [0, 0.05) is 23.5 Å². The summed E-state index contributed by atoms with van der Waals surface area (Å²) >= 11 is 6.75. The third-order valence-electron chi connectivity index (χ3n) is 3.14. The molecule has 20 heavy (non-hydrogen) atoms. The van der Waals surface area contributed by atoms with Crippen molar-refractivity contribution in [2.24, 2.45) is 5.73 Å². The second-order valence-electron chi connectivity index (χ2n) is 4.55. The first-order chi connectivity index (χ1) is 9.60. The van der Waals surface area contributed by atoms with Crippen LogP contribution in [-0.2, 0) is 13.1 Å². The Kier molecular flexibility index (Phi) is 5.23. The zero-order valence-electron chi connectivity index (χ0n) is 11.3. The standard InChI is InChI=1S/C15H17FN2S2/c1-2-18(10-13-4-3-7-20-13)9-11-5-6-12(16)8-14(11)15(17)19/h3-8H,2,9-10H2,1H3,(H2,17,19). The summed E-state index contributed by atoms with van der Waals surface area (Å²) in [6.07, 6.45) is 0. The highest BCUT2D eigenvalue weighted by Gasteiger charge is 2.11. The number of thiophene rings is 1. The van der Waals surface area contributed by atoms with Gasteiger partial charge >= 0.3 is 0 Å². The van der Waals surface area contributed by atoms with Crippen LogP contribution in [0, 0.1) is 5.82 Å². The minimum absolute atomic E-state index is 0.242. The van der Waals surface area contributed by atoms with E-state index in [0.717, 1.165) is 18.7 Å². The lowest BCUT2D eigenvalue weighted by Crippen LogP contribution is -2.24. The van der Waals surface area contributed by atoms with Gasteiger partial charge < -0.3 is 5.73 Å². The Morgan fingerprint density at radius 1 is 1.35 bits per heavy atom. The lowest BCUT2D eigenvalue weighted by molar-refractivity contribution is 0.273. The number of halogens is 1. The molecule has 0 radical (unpaired) electrons. The van der Waals surface area contributed by atoms with Crippen molar-refractivity contribution < 1.29 is 4.39 Å². The smallest absolute Gasteiger partial charge is 0.123 e. The van der Waals surface area contributed by atoms with Gasteiger partial charge in [0.15, 0.2) is 0 Å². The Hall–Kier alpha value is -1.30. The molecule has 0 fully saturated rings. The van der Waals surface area contributed by atoms with E-state index < -0.39 is 0 Å². The van der Waals surface area contributed by atoms with E-state index in [0.29, 0.717) is 12.1 Å². The third kappa shape index (κ3) is 3.85. The molecule has 0 spiro atoms. The molecule has 0 saturated heterocycles. The Balaban J connectivity index is 2.17. The van der Waals surface area contributed by atoms with Crippen LogP contribution in [0.4, 0.5) is 4.39 Å². The minimum Gasteiger partial charge on any atom is -0.389 e. The molecule has 1 aromatic heterocycles. The highest BCUT2D eigenvalue weighted by Crippen LogP contribution is 2.17. The molecule has 1 heterocycles. The zero-order chi connectivity index (χ0) is 14.5. The molecule has 0 atom stereocenters. The second kappa shape index (κ2) is 6.92. The van der Waals surface area contributed by atoms with Gasteiger partial charge in [-0.1, -0.05) is 31.3 Å². The summed E-state index contributed by atoms with van der Waals surface area (Å²) in [4.78, 5) is 3.83. The Bertz CT molecular complexity index is 582. The van der Waals surface area contributed by atoms with Crippen molar-refractivity contribution in [3.63, 3.8) is 0 Å². The maximum atomic E-state index is 13.3. The first-order valence-corrected chi connectivity index (χ1v) is 7.72. The molecule has 0 aliphatic heterocycles. The van der Waals surface area contributed by atoms with Gasteiger partial charge in [0.25, 0.3) is 0 Å². The number of benzene rings is 1. The lowest BCUT2D eigenvalue weighted by Gasteiger charge is -2.21. The molecule has 0 saturated carbocycles. The fourth-order valence-corrected chi connectivity index (χ4v) is 3.00. The van der Waals surface area contributed by atoms with Crippen LogP contribution in [0.2, 0.25) is 0 Å². The monoisotopic (exact) mass is 308 g/mol. The average Bonchev–Trinajstić information content (AvgIpc) is 2.92. The van der Waals surface area contributed by atoms with E-state index in [9.17, 15) is 4.39 Å².